The predicted molar refractivity (Wildman–Crippen MR) is 97.5 cm³/mol. The summed E-state index contributed by atoms with van der Waals surface area (Å²) >= 11 is 0. The van der Waals surface area contributed by atoms with Crippen LogP contribution >= 0.6 is 0 Å². The molecule has 1 atom stereocenters. The summed E-state index contributed by atoms with van der Waals surface area (Å²) in [6.45, 7) is 6.52. The topological polar surface area (TPSA) is 72.1 Å². The fraction of sp³-hybridized carbons (Fsp3) is 0.368. The number of urea groups is 1. The molecule has 3 rings (SSSR count). The standard InChI is InChI=1S/C19H24N4O2/c1-12-16-7-5-6-8-17(16)25-18(12)13(2)22-19(24)20-10-9-15-11-21-23(4)14(15)3/h5-8,11,13H,9-10H2,1-4H3,(H2,20,22,24). The van der Waals surface area contributed by atoms with Crippen LogP contribution < -0.4 is 10.6 Å². The molecule has 6 heteroatoms. The fourth-order valence-electron chi connectivity index (χ4n) is 3.02. The van der Waals surface area contributed by atoms with Crippen molar-refractivity contribution in [1.29, 1.82) is 0 Å². The number of carbonyl (C=O) groups excluding carboxylic acids is 1. The van der Waals surface area contributed by atoms with Gasteiger partial charge in [0.2, 0.25) is 0 Å². The van der Waals surface area contributed by atoms with E-state index in [0.29, 0.717) is 6.54 Å². The van der Waals surface area contributed by atoms with Gasteiger partial charge in [0, 0.05) is 30.2 Å². The first-order chi connectivity index (χ1) is 12.0. The van der Waals surface area contributed by atoms with Gasteiger partial charge in [-0.1, -0.05) is 18.2 Å². The molecule has 0 bridgehead atoms. The van der Waals surface area contributed by atoms with Crippen LogP contribution in [-0.4, -0.2) is 22.4 Å². The van der Waals surface area contributed by atoms with E-state index in [2.05, 4.69) is 15.7 Å². The molecule has 25 heavy (non-hydrogen) atoms. The van der Waals surface area contributed by atoms with Crippen molar-refractivity contribution in [2.75, 3.05) is 6.54 Å². The minimum absolute atomic E-state index is 0.200. The molecule has 2 aromatic heterocycles. The Bertz CT molecular complexity index is 894. The zero-order chi connectivity index (χ0) is 18.0. The van der Waals surface area contributed by atoms with E-state index in [9.17, 15) is 4.79 Å². The van der Waals surface area contributed by atoms with Crippen LogP contribution in [0.4, 0.5) is 4.79 Å². The molecule has 0 spiro atoms. The first-order valence-electron chi connectivity index (χ1n) is 8.47. The van der Waals surface area contributed by atoms with Gasteiger partial charge in [-0.05, 0) is 38.8 Å². The molecule has 1 aromatic carbocycles. The highest BCUT2D eigenvalue weighted by Gasteiger charge is 2.18. The average Bonchev–Trinajstić information content (AvgIpc) is 3.09. The molecule has 1 unspecified atom stereocenters. The Morgan fingerprint density at radius 2 is 2.08 bits per heavy atom. The molecule has 0 radical (unpaired) electrons. The lowest BCUT2D eigenvalue weighted by Gasteiger charge is -2.13. The molecule has 2 amide bonds. The van der Waals surface area contributed by atoms with Gasteiger partial charge in [-0.15, -0.1) is 0 Å². The van der Waals surface area contributed by atoms with Gasteiger partial charge in [0.05, 0.1) is 12.2 Å². The van der Waals surface area contributed by atoms with E-state index in [1.165, 1.54) is 0 Å². The Hall–Kier alpha value is -2.76. The number of carbonyl (C=O) groups is 1. The summed E-state index contributed by atoms with van der Waals surface area (Å²) in [6, 6.07) is 7.50. The van der Waals surface area contributed by atoms with Crippen LogP contribution in [0.15, 0.2) is 34.9 Å². The summed E-state index contributed by atoms with van der Waals surface area (Å²) in [5.74, 6) is 0.791. The minimum atomic E-state index is -0.201. The van der Waals surface area contributed by atoms with Crippen molar-refractivity contribution in [3.8, 4) is 0 Å². The molecular weight excluding hydrogens is 316 g/mol. The quantitative estimate of drug-likeness (QED) is 0.748. The Kier molecular flexibility index (Phi) is 4.79. The number of furan rings is 1. The van der Waals surface area contributed by atoms with Crippen molar-refractivity contribution in [2.45, 2.75) is 33.2 Å². The highest BCUT2D eigenvalue weighted by molar-refractivity contribution is 5.82. The highest BCUT2D eigenvalue weighted by Crippen LogP contribution is 2.28. The Balaban J connectivity index is 1.56. The third-order valence-corrected chi connectivity index (χ3v) is 4.64. The lowest BCUT2D eigenvalue weighted by molar-refractivity contribution is 0.236. The van der Waals surface area contributed by atoms with Crippen molar-refractivity contribution in [3.05, 3.63) is 53.0 Å². The number of hydrogen-bond donors (Lipinski definition) is 2. The molecular formula is C19H24N4O2. The van der Waals surface area contributed by atoms with Crippen molar-refractivity contribution >= 4 is 17.0 Å². The molecule has 0 aliphatic carbocycles. The monoisotopic (exact) mass is 340 g/mol. The van der Waals surface area contributed by atoms with Gasteiger partial charge in [0.15, 0.2) is 0 Å². The Labute approximate surface area is 147 Å². The molecule has 0 aliphatic heterocycles. The summed E-state index contributed by atoms with van der Waals surface area (Å²) < 4.78 is 7.74. The number of benzene rings is 1. The number of aromatic nitrogens is 2. The Morgan fingerprint density at radius 3 is 2.76 bits per heavy atom. The molecule has 0 saturated carbocycles. The highest BCUT2D eigenvalue weighted by atomic mass is 16.3. The van der Waals surface area contributed by atoms with E-state index in [1.807, 2.05) is 63.0 Å². The zero-order valence-corrected chi connectivity index (χ0v) is 15.1. The van der Waals surface area contributed by atoms with E-state index >= 15 is 0 Å². The summed E-state index contributed by atoms with van der Waals surface area (Å²) in [7, 11) is 1.91. The van der Waals surface area contributed by atoms with Crippen molar-refractivity contribution in [3.63, 3.8) is 0 Å². The van der Waals surface area contributed by atoms with Gasteiger partial charge < -0.3 is 15.1 Å². The van der Waals surface area contributed by atoms with E-state index in [0.717, 1.165) is 40.0 Å². The van der Waals surface area contributed by atoms with Crippen LogP contribution in [0.1, 0.15) is 35.5 Å². The summed E-state index contributed by atoms with van der Waals surface area (Å²) in [6.07, 6.45) is 2.60. The summed E-state index contributed by atoms with van der Waals surface area (Å²) in [4.78, 5) is 12.1. The van der Waals surface area contributed by atoms with Crippen LogP contribution in [0.25, 0.3) is 11.0 Å². The molecule has 0 saturated heterocycles. The van der Waals surface area contributed by atoms with E-state index in [4.69, 9.17) is 4.42 Å². The van der Waals surface area contributed by atoms with Gasteiger partial charge in [0.25, 0.3) is 0 Å². The maximum Gasteiger partial charge on any atom is 0.315 e. The van der Waals surface area contributed by atoms with Gasteiger partial charge in [-0.3, -0.25) is 4.68 Å². The maximum absolute atomic E-state index is 12.1. The zero-order valence-electron chi connectivity index (χ0n) is 15.1. The van der Waals surface area contributed by atoms with Crippen LogP contribution in [0.5, 0.6) is 0 Å². The van der Waals surface area contributed by atoms with Gasteiger partial charge in [-0.2, -0.15) is 5.10 Å². The second kappa shape index (κ2) is 7.01. The molecule has 0 fully saturated rings. The number of aryl methyl sites for hydroxylation is 2. The lowest BCUT2D eigenvalue weighted by Crippen LogP contribution is -2.38. The largest absolute Gasteiger partial charge is 0.459 e. The number of nitrogens with one attached hydrogen (secondary N) is 2. The van der Waals surface area contributed by atoms with Crippen LogP contribution in [0.2, 0.25) is 0 Å². The number of amides is 2. The molecule has 2 N–H and O–H groups in total. The number of fused-ring (bicyclic) bond motifs is 1. The van der Waals surface area contributed by atoms with Gasteiger partial charge in [0.1, 0.15) is 11.3 Å². The van der Waals surface area contributed by atoms with Gasteiger partial charge in [-0.25, -0.2) is 4.79 Å². The van der Waals surface area contributed by atoms with E-state index in [-0.39, 0.29) is 12.1 Å². The summed E-state index contributed by atoms with van der Waals surface area (Å²) in [5.41, 5.74) is 4.17. The van der Waals surface area contributed by atoms with Gasteiger partial charge >= 0.3 is 6.03 Å². The predicted octanol–water partition coefficient (Wildman–Crippen LogP) is 3.39. The van der Waals surface area contributed by atoms with Crippen LogP contribution in [0, 0.1) is 13.8 Å². The number of para-hydroxylation sites is 1. The van der Waals surface area contributed by atoms with Crippen LogP contribution in [0.3, 0.4) is 0 Å². The molecule has 6 nitrogen and oxygen atoms in total. The van der Waals surface area contributed by atoms with E-state index < -0.39 is 0 Å². The maximum atomic E-state index is 12.1. The average molecular weight is 340 g/mol. The van der Waals surface area contributed by atoms with E-state index in [1.54, 1.807) is 0 Å². The smallest absolute Gasteiger partial charge is 0.315 e. The number of rotatable bonds is 5. The summed E-state index contributed by atoms with van der Waals surface area (Å²) in [5, 5.41) is 11.1. The molecule has 132 valence electrons. The number of nitrogens with zero attached hydrogens (tertiary/aromatic N) is 2. The third kappa shape index (κ3) is 3.52. The molecule has 3 aromatic rings. The lowest BCUT2D eigenvalue weighted by atomic mass is 10.1. The molecule has 0 aliphatic rings. The number of hydrogen-bond acceptors (Lipinski definition) is 3. The van der Waals surface area contributed by atoms with Crippen molar-refractivity contribution in [1.82, 2.24) is 20.4 Å². The molecule has 2 heterocycles. The second-order valence-corrected chi connectivity index (χ2v) is 6.34. The first kappa shape index (κ1) is 17.1. The van der Waals surface area contributed by atoms with Crippen molar-refractivity contribution in [2.24, 2.45) is 7.05 Å². The van der Waals surface area contributed by atoms with Crippen molar-refractivity contribution < 1.29 is 9.21 Å². The normalized spacial score (nSPS) is 12.3. The second-order valence-electron chi connectivity index (χ2n) is 6.34. The third-order valence-electron chi connectivity index (χ3n) is 4.64. The minimum Gasteiger partial charge on any atom is -0.459 e. The fourth-order valence-corrected chi connectivity index (χ4v) is 3.02. The van der Waals surface area contributed by atoms with Crippen LogP contribution in [-0.2, 0) is 13.5 Å². The Morgan fingerprint density at radius 1 is 1.32 bits per heavy atom. The SMILES string of the molecule is Cc1c(C(C)NC(=O)NCCc2cnn(C)c2C)oc2ccccc12. The first-order valence-corrected chi connectivity index (χ1v) is 8.47.